The van der Waals surface area contributed by atoms with Crippen LogP contribution in [0, 0.1) is 11.3 Å². The number of ether oxygens (including phenoxy) is 2. The first-order valence-electron chi connectivity index (χ1n) is 8.62. The van der Waals surface area contributed by atoms with E-state index in [0.717, 1.165) is 0 Å². The van der Waals surface area contributed by atoms with Crippen LogP contribution < -0.4 is 14.8 Å². The number of para-hydroxylation sites is 1. The molecule has 0 atom stereocenters. The maximum atomic E-state index is 12.6. The summed E-state index contributed by atoms with van der Waals surface area (Å²) in [4.78, 5) is -0.383. The number of nitriles is 1. The summed E-state index contributed by atoms with van der Waals surface area (Å²) < 4.78 is 36.0. The summed E-state index contributed by atoms with van der Waals surface area (Å²) in [5.74, 6) is 1.88. The van der Waals surface area contributed by atoms with Crippen LogP contribution in [0.4, 0.5) is 5.69 Å². The second kappa shape index (κ2) is 8.95. The van der Waals surface area contributed by atoms with Crippen LogP contribution in [-0.4, -0.2) is 15.5 Å². The van der Waals surface area contributed by atoms with E-state index in [1.807, 2.05) is 30.3 Å². The molecule has 0 spiro atoms. The van der Waals surface area contributed by atoms with E-state index < -0.39 is 14.7 Å². The van der Waals surface area contributed by atoms with Crippen LogP contribution in [0.15, 0.2) is 94.9 Å². The second-order valence-electron chi connectivity index (χ2n) is 5.88. The summed E-state index contributed by atoms with van der Waals surface area (Å²) in [6.45, 7) is 0. The molecular weight excluding hydrogens is 388 g/mol. The molecule has 0 saturated heterocycles. The zero-order valence-electron chi connectivity index (χ0n) is 15.6. The Hall–Kier alpha value is -3.76. The van der Waals surface area contributed by atoms with Gasteiger partial charge in [-0.3, -0.25) is 0 Å². The Morgan fingerprint density at radius 3 is 2.07 bits per heavy atom. The first kappa shape index (κ1) is 20.0. The maximum absolute atomic E-state index is 12.6. The Kier molecular flexibility index (Phi) is 6.17. The second-order valence-corrected chi connectivity index (χ2v) is 7.80. The number of benzene rings is 3. The predicted octanol–water partition coefficient (Wildman–Crippen LogP) is 4.74. The van der Waals surface area contributed by atoms with Crippen molar-refractivity contribution in [1.29, 1.82) is 5.26 Å². The molecule has 3 aromatic rings. The van der Waals surface area contributed by atoms with Crippen molar-refractivity contribution in [3.8, 4) is 23.3 Å². The van der Waals surface area contributed by atoms with Crippen LogP contribution in [0.5, 0.6) is 17.2 Å². The van der Waals surface area contributed by atoms with Gasteiger partial charge in [-0.1, -0.05) is 18.2 Å². The molecule has 3 aromatic carbocycles. The van der Waals surface area contributed by atoms with E-state index >= 15 is 0 Å². The molecule has 0 aliphatic carbocycles. The minimum absolute atomic E-state index is 0.0134. The molecule has 0 aliphatic heterocycles. The van der Waals surface area contributed by atoms with Gasteiger partial charge in [-0.15, -0.1) is 0 Å². The van der Waals surface area contributed by atoms with E-state index in [9.17, 15) is 13.7 Å². The molecule has 1 N–H and O–H groups in total. The number of hydrogen-bond donors (Lipinski definition) is 1. The van der Waals surface area contributed by atoms with Crippen molar-refractivity contribution in [2.75, 3.05) is 12.4 Å². The van der Waals surface area contributed by atoms with E-state index in [4.69, 9.17) is 9.47 Å². The van der Waals surface area contributed by atoms with Crippen LogP contribution in [0.2, 0.25) is 0 Å². The Labute approximate surface area is 169 Å². The van der Waals surface area contributed by atoms with Gasteiger partial charge in [-0.25, -0.2) is 8.42 Å². The molecule has 0 heterocycles. The van der Waals surface area contributed by atoms with Gasteiger partial charge in [-0.05, 0) is 60.7 Å². The first-order chi connectivity index (χ1) is 14.0. The summed E-state index contributed by atoms with van der Waals surface area (Å²) in [5.41, 5.74) is 0.614. The van der Waals surface area contributed by atoms with Gasteiger partial charge in [0, 0.05) is 11.9 Å². The van der Waals surface area contributed by atoms with Crippen LogP contribution in [0.1, 0.15) is 0 Å². The highest BCUT2D eigenvalue weighted by atomic mass is 32.2. The molecule has 0 radical (unpaired) electrons. The first-order valence-corrected chi connectivity index (χ1v) is 10.1. The lowest BCUT2D eigenvalue weighted by molar-refractivity contribution is 0.414. The van der Waals surface area contributed by atoms with Gasteiger partial charge in [0.1, 0.15) is 23.3 Å². The van der Waals surface area contributed by atoms with Crippen LogP contribution in [0.25, 0.3) is 0 Å². The van der Waals surface area contributed by atoms with Crippen molar-refractivity contribution >= 4 is 15.5 Å². The van der Waals surface area contributed by atoms with Crippen LogP contribution >= 0.6 is 0 Å². The summed E-state index contributed by atoms with van der Waals surface area (Å²) in [6.07, 6.45) is 1.17. The molecule has 0 unspecified atom stereocenters. The number of nitrogens with zero attached hydrogens (tertiary/aromatic N) is 1. The van der Waals surface area contributed by atoms with Crippen molar-refractivity contribution in [1.82, 2.24) is 0 Å². The number of methoxy groups -OCH3 is 1. The average molecular weight is 406 g/mol. The molecule has 0 bridgehead atoms. The Balaban J connectivity index is 1.73. The molecule has 3 rings (SSSR count). The molecule has 146 valence electrons. The maximum Gasteiger partial charge on any atom is 0.218 e. The SMILES string of the molecule is COc1ccc(S(=O)(=O)/C(C#N)=C/Nc2ccc(Oc3ccccc3)cc2)cc1. The molecule has 0 aromatic heterocycles. The van der Waals surface area contributed by atoms with Gasteiger partial charge in [0.2, 0.25) is 9.84 Å². The zero-order valence-corrected chi connectivity index (χ0v) is 16.4. The smallest absolute Gasteiger partial charge is 0.218 e. The zero-order chi connectivity index (χ0) is 20.7. The lowest BCUT2D eigenvalue weighted by Gasteiger charge is -2.08. The minimum atomic E-state index is -3.94. The monoisotopic (exact) mass is 406 g/mol. The van der Waals surface area contributed by atoms with Crippen molar-refractivity contribution in [2.45, 2.75) is 4.90 Å². The lowest BCUT2D eigenvalue weighted by atomic mass is 10.3. The molecule has 0 saturated carbocycles. The summed E-state index contributed by atoms with van der Waals surface area (Å²) >= 11 is 0. The topological polar surface area (TPSA) is 88.4 Å². The van der Waals surface area contributed by atoms with E-state index in [1.165, 1.54) is 37.6 Å². The Morgan fingerprint density at radius 1 is 0.897 bits per heavy atom. The van der Waals surface area contributed by atoms with E-state index in [1.54, 1.807) is 30.3 Å². The fourth-order valence-corrected chi connectivity index (χ4v) is 3.53. The number of anilines is 1. The highest BCUT2D eigenvalue weighted by molar-refractivity contribution is 7.95. The lowest BCUT2D eigenvalue weighted by Crippen LogP contribution is -2.05. The highest BCUT2D eigenvalue weighted by Crippen LogP contribution is 2.24. The third-order valence-corrected chi connectivity index (χ3v) is 5.65. The van der Waals surface area contributed by atoms with Gasteiger partial charge in [0.05, 0.1) is 12.0 Å². The van der Waals surface area contributed by atoms with Crippen molar-refractivity contribution < 1.29 is 17.9 Å². The van der Waals surface area contributed by atoms with Crippen LogP contribution in [-0.2, 0) is 9.84 Å². The van der Waals surface area contributed by atoms with E-state index in [0.29, 0.717) is 22.9 Å². The van der Waals surface area contributed by atoms with E-state index in [-0.39, 0.29) is 4.90 Å². The summed E-state index contributed by atoms with van der Waals surface area (Å²) in [7, 11) is -2.45. The minimum Gasteiger partial charge on any atom is -0.497 e. The quantitative estimate of drug-likeness (QED) is 0.570. The van der Waals surface area contributed by atoms with Crippen molar-refractivity contribution in [3.05, 3.63) is 90.0 Å². The van der Waals surface area contributed by atoms with Gasteiger partial charge in [0.25, 0.3) is 0 Å². The van der Waals surface area contributed by atoms with Gasteiger partial charge < -0.3 is 14.8 Å². The average Bonchev–Trinajstić information content (AvgIpc) is 2.76. The van der Waals surface area contributed by atoms with Gasteiger partial charge in [0.15, 0.2) is 4.91 Å². The number of sulfone groups is 1. The molecule has 7 heteroatoms. The Bertz CT molecular complexity index is 1130. The standard InChI is InChI=1S/C22H18N2O4S/c1-27-18-11-13-21(14-12-18)29(25,26)22(15-23)16-24-17-7-9-20(10-8-17)28-19-5-3-2-4-6-19/h2-14,16,24H,1H3/b22-16+. The number of hydrogen-bond acceptors (Lipinski definition) is 6. The van der Waals surface area contributed by atoms with E-state index in [2.05, 4.69) is 5.32 Å². The predicted molar refractivity (Wildman–Crippen MR) is 110 cm³/mol. The van der Waals surface area contributed by atoms with Crippen molar-refractivity contribution in [2.24, 2.45) is 0 Å². The molecule has 0 amide bonds. The third-order valence-electron chi connectivity index (χ3n) is 3.97. The van der Waals surface area contributed by atoms with Gasteiger partial charge >= 0.3 is 0 Å². The Morgan fingerprint density at radius 2 is 1.48 bits per heavy atom. The fraction of sp³-hybridized carbons (Fsp3) is 0.0455. The molecule has 29 heavy (non-hydrogen) atoms. The third kappa shape index (κ3) is 4.94. The number of allylic oxidation sites excluding steroid dienone is 1. The highest BCUT2D eigenvalue weighted by Gasteiger charge is 2.20. The molecule has 6 nitrogen and oxygen atoms in total. The van der Waals surface area contributed by atoms with Crippen molar-refractivity contribution in [3.63, 3.8) is 0 Å². The fourth-order valence-electron chi connectivity index (χ4n) is 2.44. The largest absolute Gasteiger partial charge is 0.497 e. The number of rotatable bonds is 7. The summed E-state index contributed by atoms with van der Waals surface area (Å²) in [6, 6.07) is 23.9. The van der Waals surface area contributed by atoms with Crippen LogP contribution in [0.3, 0.4) is 0 Å². The van der Waals surface area contributed by atoms with Gasteiger partial charge in [-0.2, -0.15) is 5.26 Å². The number of nitrogens with one attached hydrogen (secondary N) is 1. The molecule has 0 aliphatic rings. The molecular formula is C22H18N2O4S. The molecule has 0 fully saturated rings. The summed E-state index contributed by atoms with van der Waals surface area (Å²) in [5, 5.41) is 12.2. The normalized spacial score (nSPS) is 11.4.